The summed E-state index contributed by atoms with van der Waals surface area (Å²) in [4.78, 5) is 23.2. The van der Waals surface area contributed by atoms with Crippen molar-refractivity contribution in [1.29, 1.82) is 0 Å². The molecule has 3 rings (SSSR count). The molecule has 1 aliphatic heterocycles. The van der Waals surface area contributed by atoms with Crippen LogP contribution in [0.1, 0.15) is 23.0 Å². The second-order valence-electron chi connectivity index (χ2n) is 8.11. The van der Waals surface area contributed by atoms with Gasteiger partial charge in [0, 0.05) is 27.8 Å². The molecule has 2 aromatic heterocycles. The number of aromatic nitrogens is 3. The maximum Gasteiger partial charge on any atom is 0.166 e. The number of carbonyl (C=O) groups is 1. The lowest BCUT2D eigenvalue weighted by atomic mass is 10.1. The molecule has 3 heterocycles. The van der Waals surface area contributed by atoms with Crippen LogP contribution in [0.15, 0.2) is 6.33 Å². The highest BCUT2D eigenvalue weighted by Crippen LogP contribution is 2.32. The summed E-state index contributed by atoms with van der Waals surface area (Å²) in [5.41, 5.74) is 2.42. The van der Waals surface area contributed by atoms with Gasteiger partial charge in [-0.25, -0.2) is 9.97 Å². The smallest absolute Gasteiger partial charge is 0.166 e. The van der Waals surface area contributed by atoms with Gasteiger partial charge in [0.2, 0.25) is 0 Å². The standard InChI is InChI=1S/C19H30N4O3Si/c1-5-15-16(12-24)23(14-26-10-11-27(2,3)4)19-17(15)18(20-13-21-19)22-6-8-25-9-7-22/h12-13H,5-11,14H2,1-4H3. The number of carbonyl (C=O) groups excluding carboxylic acids is 1. The lowest BCUT2D eigenvalue weighted by Crippen LogP contribution is -2.37. The molecule has 0 N–H and O–H groups in total. The molecule has 0 saturated carbocycles. The first kappa shape index (κ1) is 20.0. The molecule has 1 aliphatic rings. The van der Waals surface area contributed by atoms with Gasteiger partial charge < -0.3 is 14.4 Å². The summed E-state index contributed by atoms with van der Waals surface area (Å²) >= 11 is 0. The van der Waals surface area contributed by atoms with Crippen molar-refractivity contribution < 1.29 is 14.3 Å². The minimum Gasteiger partial charge on any atom is -0.378 e. The number of rotatable bonds is 8. The number of anilines is 1. The van der Waals surface area contributed by atoms with Crippen LogP contribution in [0.3, 0.4) is 0 Å². The Morgan fingerprint density at radius 2 is 2.00 bits per heavy atom. The Morgan fingerprint density at radius 1 is 1.26 bits per heavy atom. The van der Waals surface area contributed by atoms with Gasteiger partial charge in [0.15, 0.2) is 6.29 Å². The van der Waals surface area contributed by atoms with Crippen LogP contribution in [0, 0.1) is 0 Å². The Morgan fingerprint density at radius 3 is 2.63 bits per heavy atom. The van der Waals surface area contributed by atoms with Crippen LogP contribution in [-0.4, -0.2) is 61.8 Å². The Kier molecular flexibility index (Phi) is 6.28. The minimum absolute atomic E-state index is 0.342. The number of fused-ring (bicyclic) bond motifs is 1. The van der Waals surface area contributed by atoms with Gasteiger partial charge >= 0.3 is 0 Å². The summed E-state index contributed by atoms with van der Waals surface area (Å²) in [6, 6.07) is 1.09. The fraction of sp³-hybridized carbons (Fsp3) is 0.632. The van der Waals surface area contributed by atoms with Gasteiger partial charge in [0.25, 0.3) is 0 Å². The average molecular weight is 391 g/mol. The quantitative estimate of drug-likeness (QED) is 0.392. The van der Waals surface area contributed by atoms with Gasteiger partial charge in [-0.3, -0.25) is 9.36 Å². The summed E-state index contributed by atoms with van der Waals surface area (Å²) in [5, 5.41) is 0.970. The van der Waals surface area contributed by atoms with Gasteiger partial charge in [-0.2, -0.15) is 0 Å². The highest BCUT2D eigenvalue weighted by atomic mass is 28.3. The third kappa shape index (κ3) is 4.39. The van der Waals surface area contributed by atoms with Crippen molar-refractivity contribution in [3.05, 3.63) is 17.6 Å². The van der Waals surface area contributed by atoms with Crippen LogP contribution in [-0.2, 0) is 22.6 Å². The van der Waals surface area contributed by atoms with Crippen molar-refractivity contribution >= 4 is 31.2 Å². The summed E-state index contributed by atoms with van der Waals surface area (Å²) in [7, 11) is -1.15. The van der Waals surface area contributed by atoms with Crippen molar-refractivity contribution in [2.24, 2.45) is 0 Å². The van der Waals surface area contributed by atoms with Crippen molar-refractivity contribution in [1.82, 2.24) is 14.5 Å². The van der Waals surface area contributed by atoms with Crippen molar-refractivity contribution in [3.63, 3.8) is 0 Å². The van der Waals surface area contributed by atoms with Gasteiger partial charge in [-0.15, -0.1) is 0 Å². The van der Waals surface area contributed by atoms with Gasteiger partial charge in [0.1, 0.15) is 24.5 Å². The molecule has 0 amide bonds. The van der Waals surface area contributed by atoms with E-state index in [4.69, 9.17) is 9.47 Å². The molecule has 1 saturated heterocycles. The molecule has 27 heavy (non-hydrogen) atoms. The Hall–Kier alpha value is -1.77. The van der Waals surface area contributed by atoms with E-state index >= 15 is 0 Å². The van der Waals surface area contributed by atoms with Crippen molar-refractivity contribution in [2.75, 3.05) is 37.8 Å². The molecule has 148 valence electrons. The van der Waals surface area contributed by atoms with Gasteiger partial charge in [0.05, 0.1) is 24.3 Å². The van der Waals surface area contributed by atoms with Crippen molar-refractivity contribution in [3.8, 4) is 0 Å². The van der Waals surface area contributed by atoms with E-state index in [9.17, 15) is 4.79 Å². The zero-order chi connectivity index (χ0) is 19.4. The zero-order valence-corrected chi connectivity index (χ0v) is 17.8. The van der Waals surface area contributed by atoms with E-state index in [-0.39, 0.29) is 0 Å². The summed E-state index contributed by atoms with van der Waals surface area (Å²) in [5.74, 6) is 0.893. The van der Waals surface area contributed by atoms with E-state index in [1.807, 2.05) is 4.57 Å². The number of morpholine rings is 1. The molecule has 1 fully saturated rings. The predicted octanol–water partition coefficient (Wildman–Crippen LogP) is 2.96. The highest BCUT2D eigenvalue weighted by molar-refractivity contribution is 6.76. The minimum atomic E-state index is -1.15. The van der Waals surface area contributed by atoms with E-state index in [1.165, 1.54) is 0 Å². The second-order valence-corrected chi connectivity index (χ2v) is 13.7. The Bertz CT molecular complexity index is 794. The van der Waals surface area contributed by atoms with E-state index in [0.29, 0.717) is 32.2 Å². The topological polar surface area (TPSA) is 69.5 Å². The van der Waals surface area contributed by atoms with E-state index < -0.39 is 8.07 Å². The molecule has 8 heteroatoms. The van der Waals surface area contributed by atoms with Crippen LogP contribution < -0.4 is 4.90 Å². The molecule has 0 radical (unpaired) electrons. The number of ether oxygens (including phenoxy) is 2. The third-order valence-corrected chi connectivity index (χ3v) is 6.66. The SMILES string of the molecule is CCc1c(C=O)n(COCC[Si](C)(C)C)c2ncnc(N3CCOCC3)c12. The lowest BCUT2D eigenvalue weighted by molar-refractivity contribution is 0.0858. The fourth-order valence-corrected chi connectivity index (χ4v) is 4.18. The summed E-state index contributed by atoms with van der Waals surface area (Å²) < 4.78 is 13.3. The van der Waals surface area contributed by atoms with Crippen molar-refractivity contribution in [2.45, 2.75) is 45.8 Å². The molecule has 0 atom stereocenters. The van der Waals surface area contributed by atoms with E-state index in [2.05, 4.69) is 41.4 Å². The van der Waals surface area contributed by atoms with Gasteiger partial charge in [-0.1, -0.05) is 26.6 Å². The molecule has 0 spiro atoms. The zero-order valence-electron chi connectivity index (χ0n) is 16.8. The van der Waals surface area contributed by atoms with Crippen LogP contribution >= 0.6 is 0 Å². The monoisotopic (exact) mass is 390 g/mol. The normalized spacial score (nSPS) is 15.5. The van der Waals surface area contributed by atoms with Crippen LogP contribution in [0.4, 0.5) is 5.82 Å². The van der Waals surface area contributed by atoms with Gasteiger partial charge in [-0.05, 0) is 18.0 Å². The number of hydrogen-bond acceptors (Lipinski definition) is 6. The predicted molar refractivity (Wildman–Crippen MR) is 109 cm³/mol. The van der Waals surface area contributed by atoms with Crippen LogP contribution in [0.2, 0.25) is 25.7 Å². The molecule has 7 nitrogen and oxygen atoms in total. The maximum absolute atomic E-state index is 11.9. The molecule has 0 aliphatic carbocycles. The number of aldehydes is 1. The highest BCUT2D eigenvalue weighted by Gasteiger charge is 2.24. The van der Waals surface area contributed by atoms with E-state index in [0.717, 1.165) is 54.3 Å². The number of hydrogen-bond donors (Lipinski definition) is 0. The Balaban J connectivity index is 1.96. The first-order valence-electron chi connectivity index (χ1n) is 9.68. The second kappa shape index (κ2) is 8.49. The molecule has 0 bridgehead atoms. The summed E-state index contributed by atoms with van der Waals surface area (Å²) in [6.07, 6.45) is 3.25. The molecule has 0 unspecified atom stereocenters. The van der Waals surface area contributed by atoms with E-state index in [1.54, 1.807) is 6.33 Å². The molecule has 0 aromatic carbocycles. The first-order chi connectivity index (χ1) is 13.0. The lowest BCUT2D eigenvalue weighted by Gasteiger charge is -2.28. The summed E-state index contributed by atoms with van der Waals surface area (Å²) in [6.45, 7) is 13.1. The molecular weight excluding hydrogens is 360 g/mol. The van der Waals surface area contributed by atoms with Crippen LogP contribution in [0.5, 0.6) is 0 Å². The average Bonchev–Trinajstić information content (AvgIpc) is 2.98. The number of nitrogens with zero attached hydrogens (tertiary/aromatic N) is 4. The van der Waals surface area contributed by atoms with Crippen LogP contribution in [0.25, 0.3) is 11.0 Å². The molecule has 2 aromatic rings. The third-order valence-electron chi connectivity index (χ3n) is 4.96. The number of aryl methyl sites for hydroxylation is 1. The fourth-order valence-electron chi connectivity index (χ4n) is 3.42. The largest absolute Gasteiger partial charge is 0.378 e. The molecular formula is C19H30N4O3Si. The first-order valence-corrected chi connectivity index (χ1v) is 13.4. The Labute approximate surface area is 161 Å². The maximum atomic E-state index is 11.9.